The molecule has 1 spiro atoms. The maximum Gasteiger partial charge on any atom is 0.490 e. The normalized spacial score (nSPS) is 28.4. The van der Waals surface area contributed by atoms with Gasteiger partial charge in [-0.3, -0.25) is 4.79 Å². The zero-order valence-electron chi connectivity index (χ0n) is 18.8. The van der Waals surface area contributed by atoms with Crippen LogP contribution in [0, 0.1) is 17.3 Å². The lowest BCUT2D eigenvalue weighted by molar-refractivity contribution is -0.192. The van der Waals surface area contributed by atoms with Crippen LogP contribution in [0.5, 0.6) is 0 Å². The van der Waals surface area contributed by atoms with Crippen LogP contribution in [0.4, 0.5) is 13.2 Å². The number of hydrogen-bond acceptors (Lipinski definition) is 4. The Balaban J connectivity index is 0.000000360. The maximum atomic E-state index is 12.8. The van der Waals surface area contributed by atoms with Crippen LogP contribution in [-0.2, 0) is 14.3 Å². The average Bonchev–Trinajstić information content (AvgIpc) is 3.34. The highest BCUT2D eigenvalue weighted by Crippen LogP contribution is 2.45. The molecular weight excluding hydrogens is 425 g/mol. The zero-order chi connectivity index (χ0) is 23.4. The van der Waals surface area contributed by atoms with Gasteiger partial charge in [0.1, 0.15) is 0 Å². The number of carbonyl (C=O) groups is 2. The summed E-state index contributed by atoms with van der Waals surface area (Å²) in [6, 6.07) is 0. The van der Waals surface area contributed by atoms with E-state index in [1.165, 1.54) is 50.8 Å². The minimum atomic E-state index is -5.08. The summed E-state index contributed by atoms with van der Waals surface area (Å²) in [7, 11) is 1.82. The predicted molar refractivity (Wildman–Crippen MR) is 113 cm³/mol. The minimum absolute atomic E-state index is 0.279. The number of ether oxygens (including phenoxy) is 1. The maximum absolute atomic E-state index is 12.8. The molecule has 4 rings (SSSR count). The van der Waals surface area contributed by atoms with Gasteiger partial charge in [0, 0.05) is 57.6 Å². The van der Waals surface area contributed by atoms with Crippen LogP contribution >= 0.6 is 0 Å². The van der Waals surface area contributed by atoms with E-state index in [1.807, 2.05) is 7.11 Å². The van der Waals surface area contributed by atoms with Gasteiger partial charge in [-0.2, -0.15) is 13.2 Å². The van der Waals surface area contributed by atoms with Crippen molar-refractivity contribution in [3.05, 3.63) is 11.6 Å². The molecule has 0 unspecified atom stereocenters. The van der Waals surface area contributed by atoms with Crippen molar-refractivity contribution in [3.8, 4) is 0 Å². The Labute approximate surface area is 187 Å². The van der Waals surface area contributed by atoms with Gasteiger partial charge >= 0.3 is 12.1 Å². The number of hydrogen-bond donors (Lipinski definition) is 1. The fourth-order valence-corrected chi connectivity index (χ4v) is 5.32. The summed E-state index contributed by atoms with van der Waals surface area (Å²) >= 11 is 0. The molecule has 2 aliphatic carbocycles. The summed E-state index contributed by atoms with van der Waals surface area (Å²) < 4.78 is 37.3. The van der Waals surface area contributed by atoms with Crippen molar-refractivity contribution in [2.45, 2.75) is 57.5 Å². The van der Waals surface area contributed by atoms with Crippen molar-refractivity contribution in [1.29, 1.82) is 0 Å². The van der Waals surface area contributed by atoms with E-state index in [1.54, 1.807) is 0 Å². The number of carboxylic acids is 1. The molecular formula is C23H35F3N2O4. The van der Waals surface area contributed by atoms with Gasteiger partial charge < -0.3 is 19.6 Å². The Kier molecular flexibility index (Phi) is 8.25. The van der Waals surface area contributed by atoms with Crippen LogP contribution in [0.15, 0.2) is 11.6 Å². The summed E-state index contributed by atoms with van der Waals surface area (Å²) in [5.41, 5.74) is 1.66. The third-order valence-electron chi connectivity index (χ3n) is 7.21. The van der Waals surface area contributed by atoms with Gasteiger partial charge in [-0.1, -0.05) is 11.6 Å². The lowest BCUT2D eigenvalue weighted by Crippen LogP contribution is -2.38. The SMILES string of the molecule is COC[C@H]1CN(CC2CC2)C[C@@]12CCN(C(=O)CC1=CCCCC1)C2.O=C(O)C(F)(F)F. The minimum Gasteiger partial charge on any atom is -0.475 e. The fraction of sp³-hybridized carbons (Fsp3) is 0.826. The average molecular weight is 461 g/mol. The van der Waals surface area contributed by atoms with E-state index >= 15 is 0 Å². The number of allylic oxidation sites excluding steroid dienone is 1. The lowest BCUT2D eigenvalue weighted by Gasteiger charge is -2.30. The lowest BCUT2D eigenvalue weighted by atomic mass is 9.77. The van der Waals surface area contributed by atoms with E-state index < -0.39 is 12.1 Å². The van der Waals surface area contributed by atoms with Crippen molar-refractivity contribution in [2.24, 2.45) is 17.3 Å². The van der Waals surface area contributed by atoms with Crippen molar-refractivity contribution < 1.29 is 32.6 Å². The van der Waals surface area contributed by atoms with E-state index in [4.69, 9.17) is 14.6 Å². The Morgan fingerprint density at radius 2 is 1.97 bits per heavy atom. The predicted octanol–water partition coefficient (Wildman–Crippen LogP) is 3.72. The number of likely N-dealkylation sites (tertiary alicyclic amines) is 2. The molecule has 2 saturated heterocycles. The first-order valence-electron chi connectivity index (χ1n) is 11.6. The summed E-state index contributed by atoms with van der Waals surface area (Å²) in [5, 5.41) is 7.12. The molecule has 0 aromatic rings. The van der Waals surface area contributed by atoms with Crippen molar-refractivity contribution in [1.82, 2.24) is 9.80 Å². The number of carbonyl (C=O) groups excluding carboxylic acids is 1. The van der Waals surface area contributed by atoms with Crippen molar-refractivity contribution >= 4 is 11.9 Å². The van der Waals surface area contributed by atoms with E-state index in [9.17, 15) is 18.0 Å². The van der Waals surface area contributed by atoms with Gasteiger partial charge in [0.25, 0.3) is 0 Å². The molecule has 6 nitrogen and oxygen atoms in total. The number of nitrogens with zero attached hydrogens (tertiary/aromatic N) is 2. The van der Waals surface area contributed by atoms with Gasteiger partial charge in [-0.25, -0.2) is 4.79 Å². The van der Waals surface area contributed by atoms with Crippen LogP contribution in [-0.4, -0.2) is 79.4 Å². The molecule has 9 heteroatoms. The molecule has 4 aliphatic rings. The first kappa shape index (κ1) is 25.0. The number of alkyl halides is 3. The molecule has 0 aromatic heterocycles. The van der Waals surface area contributed by atoms with Crippen LogP contribution < -0.4 is 0 Å². The van der Waals surface area contributed by atoms with Gasteiger partial charge in [0.05, 0.1) is 6.61 Å². The molecule has 182 valence electrons. The Morgan fingerprint density at radius 3 is 2.53 bits per heavy atom. The van der Waals surface area contributed by atoms with Crippen molar-refractivity contribution in [2.75, 3.05) is 46.4 Å². The Morgan fingerprint density at radius 1 is 1.25 bits per heavy atom. The number of rotatable bonds is 6. The van der Waals surface area contributed by atoms with Crippen LogP contribution in [0.25, 0.3) is 0 Å². The molecule has 2 aliphatic heterocycles. The highest BCUT2D eigenvalue weighted by atomic mass is 19.4. The van der Waals surface area contributed by atoms with Gasteiger partial charge in [0.15, 0.2) is 0 Å². The molecule has 2 atom stereocenters. The number of aliphatic carboxylic acids is 1. The highest BCUT2D eigenvalue weighted by Gasteiger charge is 2.51. The Bertz CT molecular complexity index is 708. The largest absolute Gasteiger partial charge is 0.490 e. The summed E-state index contributed by atoms with van der Waals surface area (Å²) in [5.74, 6) is -0.868. The molecule has 3 fully saturated rings. The molecule has 0 radical (unpaired) electrons. The second kappa shape index (κ2) is 10.5. The molecule has 0 bridgehead atoms. The summed E-state index contributed by atoms with van der Waals surface area (Å²) in [6.45, 7) is 6.34. The van der Waals surface area contributed by atoms with Gasteiger partial charge in [-0.15, -0.1) is 0 Å². The summed E-state index contributed by atoms with van der Waals surface area (Å²) in [4.78, 5) is 26.6. The standard InChI is InChI=1S/C21H34N2O2.C2HF3O2/c1-25-14-19-13-22(12-18-7-8-18)15-21(19)9-10-23(16-21)20(24)11-17-5-3-2-4-6-17;3-2(4,5)1(6)7/h5,18-19H,2-4,6-16H2,1H3;(H,6,7)/t19-,21-;/m1./s1. The van der Waals surface area contributed by atoms with Crippen LogP contribution in [0.3, 0.4) is 0 Å². The number of amides is 1. The van der Waals surface area contributed by atoms with E-state index in [0.717, 1.165) is 45.0 Å². The van der Waals surface area contributed by atoms with Crippen molar-refractivity contribution in [3.63, 3.8) is 0 Å². The second-order valence-corrected chi connectivity index (χ2v) is 9.81. The molecule has 32 heavy (non-hydrogen) atoms. The number of methoxy groups -OCH3 is 1. The fourth-order valence-electron chi connectivity index (χ4n) is 5.32. The molecule has 1 amide bonds. The first-order valence-corrected chi connectivity index (χ1v) is 11.6. The van der Waals surface area contributed by atoms with Gasteiger partial charge in [0.2, 0.25) is 5.91 Å². The monoisotopic (exact) mass is 460 g/mol. The van der Waals surface area contributed by atoms with E-state index in [2.05, 4.69) is 15.9 Å². The van der Waals surface area contributed by atoms with E-state index in [-0.39, 0.29) is 5.41 Å². The highest BCUT2D eigenvalue weighted by molar-refractivity contribution is 5.79. The summed E-state index contributed by atoms with van der Waals surface area (Å²) in [6.07, 6.45) is 6.73. The number of carboxylic acid groups (broad SMARTS) is 1. The molecule has 0 aromatic carbocycles. The van der Waals surface area contributed by atoms with E-state index in [0.29, 0.717) is 18.2 Å². The third kappa shape index (κ3) is 6.70. The molecule has 2 heterocycles. The molecule has 1 saturated carbocycles. The second-order valence-electron chi connectivity index (χ2n) is 9.81. The topological polar surface area (TPSA) is 70.1 Å². The zero-order valence-corrected chi connectivity index (χ0v) is 18.8. The smallest absolute Gasteiger partial charge is 0.475 e. The molecule has 1 N–H and O–H groups in total. The third-order valence-corrected chi connectivity index (χ3v) is 7.21. The first-order chi connectivity index (χ1) is 15.1. The number of halogens is 3. The quantitative estimate of drug-likeness (QED) is 0.612. The Hall–Kier alpha value is -1.61. The van der Waals surface area contributed by atoms with Crippen LogP contribution in [0.1, 0.15) is 51.4 Å². The van der Waals surface area contributed by atoms with Crippen LogP contribution in [0.2, 0.25) is 0 Å². The van der Waals surface area contributed by atoms with Gasteiger partial charge in [-0.05, 0) is 50.9 Å².